The maximum Gasteiger partial charge on any atom is 0.472 e. The van der Waals surface area contributed by atoms with Gasteiger partial charge in [0.15, 0.2) is 12.2 Å². The molecule has 0 aromatic heterocycles. The quantitative estimate of drug-likeness (QED) is 0.0169. The molecule has 0 spiro atoms. The molecule has 0 amide bonds. The molecule has 17 nitrogen and oxygen atoms in total. The van der Waals surface area contributed by atoms with Crippen LogP contribution in [0.3, 0.4) is 0 Å². The summed E-state index contributed by atoms with van der Waals surface area (Å²) in [7, 11) is -10.0. The van der Waals surface area contributed by atoms with Gasteiger partial charge < -0.3 is 33.8 Å². The fourth-order valence-electron chi connectivity index (χ4n) is 10.6. The molecule has 5 unspecified atom stereocenters. The molecular formula is C93H150O17P2. The predicted molar refractivity (Wildman–Crippen MR) is 463 cm³/mol. The van der Waals surface area contributed by atoms with Gasteiger partial charge in [-0.15, -0.1) is 0 Å². The van der Waals surface area contributed by atoms with Gasteiger partial charge in [0.05, 0.1) is 26.4 Å². The Morgan fingerprint density at radius 3 is 0.777 bits per heavy atom. The molecule has 0 radical (unpaired) electrons. The zero-order valence-electron chi connectivity index (χ0n) is 69.5. The summed E-state index contributed by atoms with van der Waals surface area (Å²) in [6, 6.07) is 0. The molecule has 0 aliphatic heterocycles. The monoisotopic (exact) mass is 1600 g/mol. The topological polar surface area (TPSA) is 237 Å². The number of carbonyl (C=O) groups is 4. The lowest BCUT2D eigenvalue weighted by Crippen LogP contribution is -2.30. The number of rotatable bonds is 78. The van der Waals surface area contributed by atoms with Gasteiger partial charge in [0.2, 0.25) is 0 Å². The zero-order chi connectivity index (χ0) is 81.7. The first-order valence-corrected chi connectivity index (χ1v) is 45.7. The van der Waals surface area contributed by atoms with E-state index in [2.05, 4.69) is 204 Å². The standard InChI is InChI=1S/C93H150O17P2/c1-5-9-13-17-21-25-29-33-37-40-43-46-50-53-57-61-65-69-73-77-90(95)103-83-88(109-92(97)79-75-71-67-63-59-55-49-36-32-28-24-20-16-12-8-4)85-107-111(99,100)105-81-87(94)82-106-112(101,102)108-86-89(110-93(98)80-76-72-68-64-60-56-52-48-45-42-39-35-31-27-23-19-15-11-7-3)84-104-91(96)78-74-70-66-62-58-54-51-47-44-41-38-34-30-26-22-18-14-10-6-2/h9-10,13-14,21-28,33-39,43-49,53-54,57-58,66,70,87-89,94H,5-8,11-12,15-20,29-32,40-42,50-52,55-56,59-65,67-69,71-86H2,1-4H3,(H,99,100)(H,101,102)/b13-9-,14-10-,25-21-,26-22-,27-23-,28-24-,37-33-,38-34-,39-35-,46-43-,47-44-,48-45-,49-36-,57-53-,58-54-,70-66-. The van der Waals surface area contributed by atoms with Gasteiger partial charge in [-0.1, -0.05) is 299 Å². The first kappa shape index (κ1) is 106. The van der Waals surface area contributed by atoms with Crippen LogP contribution >= 0.6 is 15.6 Å². The highest BCUT2D eigenvalue weighted by molar-refractivity contribution is 7.47. The largest absolute Gasteiger partial charge is 0.472 e. The molecule has 3 N–H and O–H groups in total. The summed E-state index contributed by atoms with van der Waals surface area (Å²) >= 11 is 0. The van der Waals surface area contributed by atoms with Crippen molar-refractivity contribution in [1.29, 1.82) is 0 Å². The maximum atomic E-state index is 13.1. The first-order valence-electron chi connectivity index (χ1n) is 42.7. The van der Waals surface area contributed by atoms with Crippen LogP contribution in [0.5, 0.6) is 0 Å². The Bertz CT molecular complexity index is 2890. The van der Waals surface area contributed by atoms with Crippen molar-refractivity contribution in [3.8, 4) is 0 Å². The van der Waals surface area contributed by atoms with Gasteiger partial charge in [0.1, 0.15) is 19.3 Å². The number of aliphatic hydroxyl groups excluding tert-OH is 1. The SMILES string of the molecule is CC/C=C\C/C=C\C/C=C\C/C=C\C/C=C\C/C=C\CCC(=O)OCC(COP(=O)(O)OCC(O)COP(=O)(O)OCC(COC(=O)CCCCC/C=C\C/C=C\C/C=C\C/C=C\C/C=C\CC)OC(=O)CCCCCCC/C=C\C/C=C\CCCCC)OC(=O)CCCCCCCC/C=C\C/C=C\C/C=C\CCCCC. The molecular weight excluding hydrogens is 1450 g/mol. The number of unbranched alkanes of at least 4 members (excludes halogenated alkanes) is 20. The van der Waals surface area contributed by atoms with E-state index in [0.29, 0.717) is 32.1 Å². The summed E-state index contributed by atoms with van der Waals surface area (Å²) < 4.78 is 68.7. The van der Waals surface area contributed by atoms with Gasteiger partial charge in [-0.25, -0.2) is 9.13 Å². The summed E-state index contributed by atoms with van der Waals surface area (Å²) in [5, 5.41) is 10.7. The first-order chi connectivity index (χ1) is 54.7. The number of ether oxygens (including phenoxy) is 4. The summed E-state index contributed by atoms with van der Waals surface area (Å²) in [4.78, 5) is 73.3. The molecule has 0 heterocycles. The predicted octanol–water partition coefficient (Wildman–Crippen LogP) is 25.7. The summed E-state index contributed by atoms with van der Waals surface area (Å²) in [6.07, 6.45) is 103. The van der Waals surface area contributed by atoms with Gasteiger partial charge in [0.25, 0.3) is 0 Å². The second kappa shape index (κ2) is 82.9. The van der Waals surface area contributed by atoms with E-state index < -0.39 is 97.5 Å². The van der Waals surface area contributed by atoms with E-state index in [9.17, 15) is 43.2 Å². The van der Waals surface area contributed by atoms with E-state index in [1.807, 2.05) is 18.2 Å². The van der Waals surface area contributed by atoms with Crippen molar-refractivity contribution in [2.75, 3.05) is 39.6 Å². The van der Waals surface area contributed by atoms with Gasteiger partial charge >= 0.3 is 39.5 Å². The smallest absolute Gasteiger partial charge is 0.462 e. The normalized spacial score (nSPS) is 14.7. The van der Waals surface area contributed by atoms with Crippen LogP contribution in [0.25, 0.3) is 0 Å². The van der Waals surface area contributed by atoms with Crippen LogP contribution < -0.4 is 0 Å². The molecule has 0 saturated carbocycles. The van der Waals surface area contributed by atoms with Crippen LogP contribution in [0.2, 0.25) is 0 Å². The Morgan fingerprint density at radius 2 is 0.482 bits per heavy atom. The molecule has 19 heteroatoms. The average molecular weight is 1600 g/mol. The molecule has 0 aliphatic carbocycles. The zero-order valence-corrected chi connectivity index (χ0v) is 71.3. The van der Waals surface area contributed by atoms with Crippen LogP contribution in [0.1, 0.15) is 310 Å². The Labute approximate surface area is 678 Å². The van der Waals surface area contributed by atoms with Crippen LogP contribution in [-0.4, -0.2) is 96.7 Å². The Kier molecular flexibility index (Phi) is 78.4. The molecule has 0 aliphatic rings. The van der Waals surface area contributed by atoms with E-state index in [0.717, 1.165) is 186 Å². The molecule has 112 heavy (non-hydrogen) atoms. The number of carbonyl (C=O) groups excluding carboxylic acids is 4. The summed E-state index contributed by atoms with van der Waals surface area (Å²) in [5.41, 5.74) is 0. The highest BCUT2D eigenvalue weighted by Gasteiger charge is 2.30. The minimum absolute atomic E-state index is 0.0252. The lowest BCUT2D eigenvalue weighted by molar-refractivity contribution is -0.161. The van der Waals surface area contributed by atoms with Gasteiger partial charge in [0, 0.05) is 25.7 Å². The van der Waals surface area contributed by atoms with Crippen LogP contribution in [0.15, 0.2) is 194 Å². The molecule has 634 valence electrons. The molecule has 0 saturated heterocycles. The second-order valence-electron chi connectivity index (χ2n) is 27.6. The Hall–Kier alpha value is -6.10. The van der Waals surface area contributed by atoms with E-state index in [1.54, 1.807) is 0 Å². The minimum Gasteiger partial charge on any atom is -0.462 e. The lowest BCUT2D eigenvalue weighted by Gasteiger charge is -2.21. The molecule has 5 atom stereocenters. The number of allylic oxidation sites excluding steroid dienone is 32. The van der Waals surface area contributed by atoms with E-state index in [-0.39, 0.29) is 25.7 Å². The third-order valence-electron chi connectivity index (χ3n) is 17.0. The van der Waals surface area contributed by atoms with Crippen molar-refractivity contribution in [3.63, 3.8) is 0 Å². The van der Waals surface area contributed by atoms with Crippen molar-refractivity contribution in [3.05, 3.63) is 194 Å². The minimum atomic E-state index is -5.02. The third kappa shape index (κ3) is 81.9. The van der Waals surface area contributed by atoms with Crippen LogP contribution in [0.4, 0.5) is 0 Å². The fraction of sp³-hybridized carbons (Fsp3) is 0.613. The fourth-order valence-corrected chi connectivity index (χ4v) is 12.2. The van der Waals surface area contributed by atoms with Crippen molar-refractivity contribution in [1.82, 2.24) is 0 Å². The number of phosphoric ester groups is 2. The summed E-state index contributed by atoms with van der Waals surface area (Å²) in [5.74, 6) is -2.35. The lowest BCUT2D eigenvalue weighted by atomic mass is 10.1. The number of hydrogen-bond acceptors (Lipinski definition) is 15. The average Bonchev–Trinajstić information content (AvgIpc) is 0.898. The van der Waals surface area contributed by atoms with E-state index in [1.165, 1.54) is 38.5 Å². The van der Waals surface area contributed by atoms with E-state index in [4.69, 9.17) is 37.0 Å². The molecule has 0 aromatic rings. The highest BCUT2D eigenvalue weighted by atomic mass is 31.2. The maximum absolute atomic E-state index is 13.1. The number of aliphatic hydroxyl groups is 1. The molecule has 0 bridgehead atoms. The Morgan fingerprint density at radius 1 is 0.259 bits per heavy atom. The summed E-state index contributed by atoms with van der Waals surface area (Å²) in [6.45, 7) is 4.44. The van der Waals surface area contributed by atoms with Crippen molar-refractivity contribution in [2.24, 2.45) is 0 Å². The molecule has 0 aromatic carbocycles. The van der Waals surface area contributed by atoms with E-state index >= 15 is 0 Å². The number of esters is 4. The molecule has 0 fully saturated rings. The van der Waals surface area contributed by atoms with Crippen LogP contribution in [-0.2, 0) is 65.4 Å². The van der Waals surface area contributed by atoms with Crippen molar-refractivity contribution < 1.29 is 80.2 Å². The van der Waals surface area contributed by atoms with Crippen molar-refractivity contribution in [2.45, 2.75) is 329 Å². The van der Waals surface area contributed by atoms with Crippen LogP contribution in [0, 0.1) is 0 Å². The third-order valence-corrected chi connectivity index (χ3v) is 18.9. The van der Waals surface area contributed by atoms with Gasteiger partial charge in [-0.05, 0) is 180 Å². The highest BCUT2D eigenvalue weighted by Crippen LogP contribution is 2.45. The van der Waals surface area contributed by atoms with Gasteiger partial charge in [-0.2, -0.15) is 0 Å². The Balaban J connectivity index is 5.52. The number of phosphoric acid groups is 2. The number of hydrogen-bond donors (Lipinski definition) is 3. The second-order valence-corrected chi connectivity index (χ2v) is 30.6. The molecule has 0 rings (SSSR count). The van der Waals surface area contributed by atoms with Gasteiger partial charge in [-0.3, -0.25) is 37.3 Å². The van der Waals surface area contributed by atoms with Crippen molar-refractivity contribution >= 4 is 39.5 Å².